The second-order valence-electron chi connectivity index (χ2n) is 4.73. The summed E-state index contributed by atoms with van der Waals surface area (Å²) in [6.45, 7) is 0. The van der Waals surface area contributed by atoms with Crippen LogP contribution in [0.2, 0.25) is 0 Å². The summed E-state index contributed by atoms with van der Waals surface area (Å²) >= 11 is 5.05. The minimum Gasteiger partial charge on any atom is -0.332 e. The molecule has 2 aromatic rings. The fraction of sp³-hybridized carbons (Fsp3) is 0.0667. The largest absolute Gasteiger partial charge is 0.332 e. The maximum atomic E-state index is 11.9. The van der Waals surface area contributed by atoms with Crippen molar-refractivity contribution >= 4 is 38.9 Å². The number of benzene rings is 2. The molecule has 6 nitrogen and oxygen atoms in total. The fourth-order valence-corrected chi connectivity index (χ4v) is 2.59. The molecule has 1 amide bonds. The summed E-state index contributed by atoms with van der Waals surface area (Å²) < 4.78 is 22.3. The molecule has 120 valence electrons. The number of carbonyl (C=O) groups is 1. The maximum absolute atomic E-state index is 11.9. The van der Waals surface area contributed by atoms with Gasteiger partial charge >= 0.3 is 0 Å². The number of sulfonamides is 1. The van der Waals surface area contributed by atoms with Gasteiger partial charge in [0.05, 0.1) is 11.3 Å². The number of rotatable bonds is 4. The van der Waals surface area contributed by atoms with Crippen LogP contribution in [-0.4, -0.2) is 19.4 Å². The molecule has 23 heavy (non-hydrogen) atoms. The van der Waals surface area contributed by atoms with Crippen LogP contribution in [0.4, 0.5) is 5.69 Å². The van der Waals surface area contributed by atoms with Gasteiger partial charge in [-0.15, -0.1) is 0 Å². The van der Waals surface area contributed by atoms with E-state index >= 15 is 0 Å². The molecular weight excluding hydrogens is 334 g/mol. The van der Waals surface area contributed by atoms with Crippen molar-refractivity contribution in [3.05, 3.63) is 60.2 Å². The molecule has 0 spiro atoms. The first-order valence-electron chi connectivity index (χ1n) is 6.62. The van der Waals surface area contributed by atoms with E-state index < -0.39 is 10.0 Å². The summed E-state index contributed by atoms with van der Waals surface area (Å²) in [6, 6.07) is 15.0. The third-order valence-corrected chi connectivity index (χ3v) is 4.03. The molecule has 0 fully saturated rings. The van der Waals surface area contributed by atoms with Gasteiger partial charge in [0.1, 0.15) is 0 Å². The van der Waals surface area contributed by atoms with Gasteiger partial charge in [0, 0.05) is 5.69 Å². The van der Waals surface area contributed by atoms with Gasteiger partial charge < -0.3 is 10.6 Å². The van der Waals surface area contributed by atoms with Crippen LogP contribution < -0.4 is 15.8 Å². The number of hydrogen-bond donors (Lipinski definition) is 3. The predicted octanol–water partition coefficient (Wildman–Crippen LogP) is 1.39. The van der Waals surface area contributed by atoms with Crippen molar-refractivity contribution < 1.29 is 13.2 Å². The SMILES string of the molecule is NS(=O)(=O)c1ccc(NC(=S)NC(=O)Cc2ccccc2)cc1. The van der Waals surface area contributed by atoms with E-state index in [1.807, 2.05) is 30.3 Å². The highest BCUT2D eigenvalue weighted by atomic mass is 32.2. The Labute approximate surface area is 139 Å². The predicted molar refractivity (Wildman–Crippen MR) is 92.3 cm³/mol. The minimum absolute atomic E-state index is 0.00193. The van der Waals surface area contributed by atoms with Gasteiger partial charge in [-0.3, -0.25) is 4.79 Å². The standard InChI is InChI=1S/C15H15N3O3S2/c16-23(20,21)13-8-6-12(7-9-13)17-15(22)18-14(19)10-11-4-2-1-3-5-11/h1-9H,10H2,(H2,16,20,21)(H2,17,18,19,22). The third-order valence-electron chi connectivity index (χ3n) is 2.90. The number of primary sulfonamides is 1. The Hall–Kier alpha value is -2.29. The number of nitrogens with two attached hydrogens (primary N) is 1. The van der Waals surface area contributed by atoms with E-state index in [9.17, 15) is 13.2 Å². The quantitative estimate of drug-likeness (QED) is 0.724. The lowest BCUT2D eigenvalue weighted by Crippen LogP contribution is -2.35. The average molecular weight is 349 g/mol. The van der Waals surface area contributed by atoms with Gasteiger partial charge in [-0.05, 0) is 42.0 Å². The van der Waals surface area contributed by atoms with Crippen LogP contribution in [0.25, 0.3) is 0 Å². The van der Waals surface area contributed by atoms with Gasteiger partial charge in [-0.25, -0.2) is 13.6 Å². The van der Waals surface area contributed by atoms with E-state index in [2.05, 4.69) is 10.6 Å². The highest BCUT2D eigenvalue weighted by Gasteiger charge is 2.08. The number of anilines is 1. The molecular formula is C15H15N3O3S2. The Morgan fingerprint density at radius 3 is 2.22 bits per heavy atom. The lowest BCUT2D eigenvalue weighted by molar-refractivity contribution is -0.119. The van der Waals surface area contributed by atoms with Crippen molar-refractivity contribution in [1.29, 1.82) is 0 Å². The van der Waals surface area contributed by atoms with Gasteiger partial charge in [0.15, 0.2) is 5.11 Å². The first-order chi connectivity index (χ1) is 10.8. The molecule has 0 heterocycles. The summed E-state index contributed by atoms with van der Waals surface area (Å²) in [5.41, 5.74) is 1.42. The monoisotopic (exact) mass is 349 g/mol. The highest BCUT2D eigenvalue weighted by Crippen LogP contribution is 2.12. The minimum atomic E-state index is -3.73. The smallest absolute Gasteiger partial charge is 0.238 e. The van der Waals surface area contributed by atoms with Crippen LogP contribution in [-0.2, 0) is 21.2 Å². The molecule has 0 aliphatic heterocycles. The van der Waals surface area contributed by atoms with E-state index in [4.69, 9.17) is 17.4 Å². The Bertz CT molecular complexity index is 804. The molecule has 0 atom stereocenters. The zero-order chi connectivity index (χ0) is 16.9. The molecule has 2 aromatic carbocycles. The molecule has 0 saturated carbocycles. The Morgan fingerprint density at radius 1 is 1.04 bits per heavy atom. The van der Waals surface area contributed by atoms with E-state index in [1.165, 1.54) is 24.3 Å². The molecule has 0 radical (unpaired) electrons. The fourth-order valence-electron chi connectivity index (χ4n) is 1.84. The van der Waals surface area contributed by atoms with Crippen LogP contribution in [0.3, 0.4) is 0 Å². The summed E-state index contributed by atoms with van der Waals surface area (Å²) in [5.74, 6) is -0.241. The van der Waals surface area contributed by atoms with E-state index in [-0.39, 0.29) is 22.3 Å². The topological polar surface area (TPSA) is 101 Å². The van der Waals surface area contributed by atoms with E-state index in [0.29, 0.717) is 5.69 Å². The zero-order valence-electron chi connectivity index (χ0n) is 12.0. The summed E-state index contributed by atoms with van der Waals surface area (Å²) in [6.07, 6.45) is 0.215. The summed E-state index contributed by atoms with van der Waals surface area (Å²) in [7, 11) is -3.73. The van der Waals surface area contributed by atoms with Crippen LogP contribution >= 0.6 is 12.2 Å². The summed E-state index contributed by atoms with van der Waals surface area (Å²) in [5, 5.41) is 10.5. The molecule has 0 aliphatic carbocycles. The van der Waals surface area contributed by atoms with Crippen LogP contribution in [0.15, 0.2) is 59.5 Å². The van der Waals surface area contributed by atoms with E-state index in [1.54, 1.807) is 0 Å². The lowest BCUT2D eigenvalue weighted by atomic mass is 10.1. The average Bonchev–Trinajstić information content (AvgIpc) is 2.47. The second kappa shape index (κ2) is 7.32. The van der Waals surface area contributed by atoms with Gasteiger partial charge in [0.2, 0.25) is 15.9 Å². The number of nitrogens with one attached hydrogen (secondary N) is 2. The normalized spacial score (nSPS) is 10.8. The molecule has 4 N–H and O–H groups in total. The highest BCUT2D eigenvalue weighted by molar-refractivity contribution is 7.89. The van der Waals surface area contributed by atoms with Crippen molar-refractivity contribution in [2.24, 2.45) is 5.14 Å². The maximum Gasteiger partial charge on any atom is 0.238 e. The first kappa shape index (κ1) is 17.1. The molecule has 0 unspecified atom stereocenters. The Morgan fingerprint density at radius 2 is 1.65 bits per heavy atom. The molecule has 0 bridgehead atoms. The van der Waals surface area contributed by atoms with Crippen LogP contribution in [0, 0.1) is 0 Å². The third kappa shape index (κ3) is 5.44. The Balaban J connectivity index is 1.90. The molecule has 0 aliphatic rings. The van der Waals surface area contributed by atoms with E-state index in [0.717, 1.165) is 5.56 Å². The van der Waals surface area contributed by atoms with Gasteiger partial charge in [-0.1, -0.05) is 30.3 Å². The van der Waals surface area contributed by atoms with Crippen molar-refractivity contribution in [2.45, 2.75) is 11.3 Å². The van der Waals surface area contributed by atoms with Gasteiger partial charge in [0.25, 0.3) is 0 Å². The van der Waals surface area contributed by atoms with Crippen molar-refractivity contribution in [1.82, 2.24) is 5.32 Å². The number of carbonyl (C=O) groups excluding carboxylic acids is 1. The zero-order valence-corrected chi connectivity index (χ0v) is 13.7. The van der Waals surface area contributed by atoms with Gasteiger partial charge in [-0.2, -0.15) is 0 Å². The van der Waals surface area contributed by atoms with Crippen molar-refractivity contribution in [2.75, 3.05) is 5.32 Å². The second-order valence-corrected chi connectivity index (χ2v) is 6.70. The first-order valence-corrected chi connectivity index (χ1v) is 8.58. The lowest BCUT2D eigenvalue weighted by Gasteiger charge is -2.10. The molecule has 0 saturated heterocycles. The number of amides is 1. The summed E-state index contributed by atoms with van der Waals surface area (Å²) in [4.78, 5) is 11.9. The molecule has 0 aromatic heterocycles. The number of thiocarbonyl (C=S) groups is 1. The van der Waals surface area contributed by atoms with Crippen molar-refractivity contribution in [3.8, 4) is 0 Å². The Kier molecular flexibility index (Phi) is 5.43. The molecule has 2 rings (SSSR count). The van der Waals surface area contributed by atoms with Crippen LogP contribution in [0.1, 0.15) is 5.56 Å². The number of hydrogen-bond acceptors (Lipinski definition) is 4. The van der Waals surface area contributed by atoms with Crippen LogP contribution in [0.5, 0.6) is 0 Å². The van der Waals surface area contributed by atoms with Crippen molar-refractivity contribution in [3.63, 3.8) is 0 Å². The molecule has 8 heteroatoms.